The fourth-order valence-corrected chi connectivity index (χ4v) is 3.82. The van der Waals surface area contributed by atoms with Gasteiger partial charge >= 0.3 is 0 Å². The molecule has 1 amide bonds. The Labute approximate surface area is 171 Å². The number of methoxy groups -OCH3 is 3. The van der Waals surface area contributed by atoms with E-state index in [0.29, 0.717) is 33.9 Å². The zero-order valence-corrected chi connectivity index (χ0v) is 16.8. The number of carboxylic acids is 1. The van der Waals surface area contributed by atoms with Crippen molar-refractivity contribution in [3.8, 4) is 28.4 Å². The lowest BCUT2D eigenvalue weighted by Crippen LogP contribution is -2.24. The Morgan fingerprint density at radius 1 is 0.931 bits per heavy atom. The smallest absolute Gasteiger partial charge is 0.260 e. The standard InChI is InChI=1S/C21H19NO6S/c1-26-15-7-5-4-6-13(15)19(23)22-20-18(21(24)25)14(11-29-20)12-8-9-16(27-2)17(10-12)28-3/h4-11H,1-3H3,(H,22,23)(H,24,25)/p-1. The van der Waals surface area contributed by atoms with Crippen molar-refractivity contribution in [3.63, 3.8) is 0 Å². The van der Waals surface area contributed by atoms with Gasteiger partial charge in [-0.1, -0.05) is 18.2 Å². The highest BCUT2D eigenvalue weighted by Gasteiger charge is 2.19. The van der Waals surface area contributed by atoms with Crippen LogP contribution in [0.15, 0.2) is 47.8 Å². The molecular formula is C21H18NO6S-. The molecule has 0 radical (unpaired) electrons. The van der Waals surface area contributed by atoms with E-state index in [4.69, 9.17) is 14.2 Å². The van der Waals surface area contributed by atoms with E-state index in [0.717, 1.165) is 11.3 Å². The number of carbonyl (C=O) groups excluding carboxylic acids is 2. The fourth-order valence-electron chi connectivity index (χ4n) is 2.87. The van der Waals surface area contributed by atoms with E-state index in [9.17, 15) is 14.7 Å². The Kier molecular flexibility index (Phi) is 6.04. The molecule has 3 aromatic rings. The number of hydrogen-bond donors (Lipinski definition) is 1. The molecule has 1 heterocycles. The summed E-state index contributed by atoms with van der Waals surface area (Å²) in [5, 5.41) is 16.3. The lowest BCUT2D eigenvalue weighted by atomic mass is 10.0. The van der Waals surface area contributed by atoms with Gasteiger partial charge < -0.3 is 29.4 Å². The number of ether oxygens (including phenoxy) is 3. The second kappa shape index (κ2) is 8.66. The first-order valence-electron chi connectivity index (χ1n) is 8.49. The molecular weight excluding hydrogens is 394 g/mol. The lowest BCUT2D eigenvalue weighted by Gasteiger charge is -2.13. The second-order valence-corrected chi connectivity index (χ2v) is 6.74. The van der Waals surface area contributed by atoms with Gasteiger partial charge in [-0.3, -0.25) is 4.79 Å². The molecule has 0 fully saturated rings. The maximum Gasteiger partial charge on any atom is 0.260 e. The summed E-state index contributed by atoms with van der Waals surface area (Å²) in [6.45, 7) is 0. The van der Waals surface area contributed by atoms with Crippen molar-refractivity contribution in [1.29, 1.82) is 0 Å². The molecule has 1 aromatic heterocycles. The van der Waals surface area contributed by atoms with Gasteiger partial charge in [0.25, 0.3) is 5.91 Å². The fraction of sp³-hybridized carbons (Fsp3) is 0.143. The van der Waals surface area contributed by atoms with Crippen molar-refractivity contribution >= 4 is 28.2 Å². The van der Waals surface area contributed by atoms with Crippen LogP contribution >= 0.6 is 11.3 Å². The number of rotatable bonds is 7. The first-order valence-corrected chi connectivity index (χ1v) is 9.37. The van der Waals surface area contributed by atoms with Crippen LogP contribution < -0.4 is 24.6 Å². The number of carboxylic acid groups (broad SMARTS) is 1. The molecule has 8 heteroatoms. The minimum Gasteiger partial charge on any atom is -0.545 e. The number of thiophene rings is 1. The predicted molar refractivity (Wildman–Crippen MR) is 108 cm³/mol. The summed E-state index contributed by atoms with van der Waals surface area (Å²) in [6, 6.07) is 11.7. The van der Waals surface area contributed by atoms with Gasteiger partial charge in [0.05, 0.1) is 32.9 Å². The SMILES string of the molecule is COc1ccc(-c2csc(NC(=O)c3ccccc3OC)c2C(=O)[O-])cc1OC. The third kappa shape index (κ3) is 4.02. The molecule has 2 aromatic carbocycles. The predicted octanol–water partition coefficient (Wildman–Crippen LogP) is 3.06. The Balaban J connectivity index is 2.00. The van der Waals surface area contributed by atoms with Gasteiger partial charge in [0.15, 0.2) is 11.5 Å². The average Bonchev–Trinajstić information content (AvgIpc) is 3.16. The first-order chi connectivity index (χ1) is 14.0. The summed E-state index contributed by atoms with van der Waals surface area (Å²) in [5.74, 6) is -0.514. The minimum atomic E-state index is -1.40. The summed E-state index contributed by atoms with van der Waals surface area (Å²) in [6.07, 6.45) is 0. The monoisotopic (exact) mass is 412 g/mol. The van der Waals surface area contributed by atoms with Crippen LogP contribution in [0.3, 0.4) is 0 Å². The number of anilines is 1. The van der Waals surface area contributed by atoms with Gasteiger partial charge in [-0.2, -0.15) is 0 Å². The Morgan fingerprint density at radius 3 is 2.28 bits per heavy atom. The third-order valence-electron chi connectivity index (χ3n) is 4.27. The highest BCUT2D eigenvalue weighted by atomic mass is 32.1. The molecule has 0 unspecified atom stereocenters. The highest BCUT2D eigenvalue weighted by molar-refractivity contribution is 7.15. The van der Waals surface area contributed by atoms with Gasteiger partial charge in [-0.05, 0) is 29.8 Å². The molecule has 0 aliphatic heterocycles. The number of para-hydroxylation sites is 1. The largest absolute Gasteiger partial charge is 0.545 e. The molecule has 0 saturated heterocycles. The molecule has 0 atom stereocenters. The highest BCUT2D eigenvalue weighted by Crippen LogP contribution is 2.39. The summed E-state index contributed by atoms with van der Waals surface area (Å²) in [7, 11) is 4.47. The zero-order valence-electron chi connectivity index (χ0n) is 16.0. The maximum absolute atomic E-state index is 12.7. The summed E-state index contributed by atoms with van der Waals surface area (Å²) in [5.41, 5.74) is 1.19. The lowest BCUT2D eigenvalue weighted by molar-refractivity contribution is -0.254. The van der Waals surface area contributed by atoms with Crippen molar-refractivity contribution in [2.75, 3.05) is 26.6 Å². The zero-order chi connectivity index (χ0) is 21.0. The summed E-state index contributed by atoms with van der Waals surface area (Å²) in [4.78, 5) is 24.5. The molecule has 0 aliphatic carbocycles. The molecule has 29 heavy (non-hydrogen) atoms. The number of aromatic carboxylic acids is 1. The Morgan fingerprint density at radius 2 is 1.62 bits per heavy atom. The topological polar surface area (TPSA) is 96.9 Å². The van der Waals surface area contributed by atoms with Gasteiger partial charge in [-0.15, -0.1) is 11.3 Å². The molecule has 0 aliphatic rings. The van der Waals surface area contributed by atoms with E-state index in [-0.39, 0.29) is 10.6 Å². The van der Waals surface area contributed by atoms with Crippen LogP contribution in [0.5, 0.6) is 17.2 Å². The molecule has 150 valence electrons. The van der Waals surface area contributed by atoms with E-state index >= 15 is 0 Å². The Bertz CT molecular complexity index is 1060. The van der Waals surface area contributed by atoms with Gasteiger partial charge in [0, 0.05) is 16.5 Å². The normalized spacial score (nSPS) is 10.3. The van der Waals surface area contributed by atoms with Crippen molar-refractivity contribution in [2.45, 2.75) is 0 Å². The van der Waals surface area contributed by atoms with Gasteiger partial charge in [-0.25, -0.2) is 0 Å². The van der Waals surface area contributed by atoms with Crippen LogP contribution in [0.1, 0.15) is 20.7 Å². The quantitative estimate of drug-likeness (QED) is 0.641. The van der Waals surface area contributed by atoms with Crippen LogP contribution in [0.4, 0.5) is 5.00 Å². The third-order valence-corrected chi connectivity index (χ3v) is 5.16. The van der Waals surface area contributed by atoms with Crippen molar-refractivity contribution in [1.82, 2.24) is 0 Å². The van der Waals surface area contributed by atoms with Crippen molar-refractivity contribution < 1.29 is 28.9 Å². The summed E-state index contributed by atoms with van der Waals surface area (Å²) < 4.78 is 15.7. The number of amides is 1. The van der Waals surface area contributed by atoms with Crippen LogP contribution in [-0.2, 0) is 0 Å². The average molecular weight is 412 g/mol. The number of benzene rings is 2. The summed E-state index contributed by atoms with van der Waals surface area (Å²) >= 11 is 1.09. The van der Waals surface area contributed by atoms with Crippen LogP contribution in [0, 0.1) is 0 Å². The minimum absolute atomic E-state index is 0.106. The van der Waals surface area contributed by atoms with Crippen LogP contribution in [0.25, 0.3) is 11.1 Å². The van der Waals surface area contributed by atoms with E-state index in [1.54, 1.807) is 47.8 Å². The van der Waals surface area contributed by atoms with E-state index < -0.39 is 11.9 Å². The molecule has 0 bridgehead atoms. The first kappa shape index (κ1) is 20.2. The number of carbonyl (C=O) groups is 2. The van der Waals surface area contributed by atoms with Crippen LogP contribution in [0.2, 0.25) is 0 Å². The van der Waals surface area contributed by atoms with Crippen LogP contribution in [-0.4, -0.2) is 33.2 Å². The molecule has 1 N–H and O–H groups in total. The molecule has 3 rings (SSSR count). The van der Waals surface area contributed by atoms with Crippen molar-refractivity contribution in [2.24, 2.45) is 0 Å². The van der Waals surface area contributed by atoms with E-state index in [1.807, 2.05) is 0 Å². The molecule has 7 nitrogen and oxygen atoms in total. The number of hydrogen-bond acceptors (Lipinski definition) is 7. The Hall–Kier alpha value is -3.52. The molecule has 0 spiro atoms. The van der Waals surface area contributed by atoms with Crippen molar-refractivity contribution in [3.05, 3.63) is 59.0 Å². The number of nitrogens with one attached hydrogen (secondary N) is 1. The van der Waals surface area contributed by atoms with E-state index in [2.05, 4.69) is 5.32 Å². The van der Waals surface area contributed by atoms with Gasteiger partial charge in [0.1, 0.15) is 10.8 Å². The molecule has 0 saturated carbocycles. The second-order valence-electron chi connectivity index (χ2n) is 5.87. The van der Waals surface area contributed by atoms with Gasteiger partial charge in [0.2, 0.25) is 0 Å². The maximum atomic E-state index is 12.7. The van der Waals surface area contributed by atoms with E-state index in [1.165, 1.54) is 21.3 Å².